The Morgan fingerprint density at radius 2 is 1.71 bits per heavy atom. The number of aromatic nitrogens is 1. The van der Waals surface area contributed by atoms with Gasteiger partial charge in [-0.2, -0.15) is 13.2 Å². The third kappa shape index (κ3) is 4.89. The minimum absolute atomic E-state index is 0.0910. The molecule has 4 nitrogen and oxygen atoms in total. The molecule has 1 aliphatic rings. The van der Waals surface area contributed by atoms with E-state index in [1.165, 1.54) is 12.1 Å². The lowest BCUT2D eigenvalue weighted by molar-refractivity contribution is -0.137. The van der Waals surface area contributed by atoms with E-state index < -0.39 is 27.8 Å². The minimum Gasteiger partial charge on any atom is -0.346 e. The van der Waals surface area contributed by atoms with E-state index in [1.807, 2.05) is 26.1 Å². The summed E-state index contributed by atoms with van der Waals surface area (Å²) in [5.74, 6) is 0. The number of halogens is 3. The van der Waals surface area contributed by atoms with Gasteiger partial charge in [0.2, 0.25) is 10.0 Å². The van der Waals surface area contributed by atoms with Crippen molar-refractivity contribution in [2.75, 3.05) is 0 Å². The second kappa shape index (κ2) is 8.41. The fourth-order valence-corrected chi connectivity index (χ4v) is 6.20. The standard InChI is InChI=1S/C26H31F3N2O2S/c1-16-19(20-8-6-7-9-23(20)26(27,28)29)12-13-21-22(14-31(24(16)21)15-25(3,4)5)17(2)30-34(32,33)18-10-11-18/h6-9,12-14,17-18,30H,10-11,15H2,1-5H3/t17-/m1/s1. The Labute approximate surface area is 199 Å². The zero-order valence-electron chi connectivity index (χ0n) is 20.1. The Morgan fingerprint density at radius 3 is 2.29 bits per heavy atom. The molecular weight excluding hydrogens is 461 g/mol. The predicted octanol–water partition coefficient (Wildman–Crippen LogP) is 6.82. The van der Waals surface area contributed by atoms with Crippen LogP contribution in [0.2, 0.25) is 0 Å². The number of rotatable bonds is 6. The summed E-state index contributed by atoms with van der Waals surface area (Å²) in [6, 6.07) is 8.70. The molecule has 1 saturated carbocycles. The van der Waals surface area contributed by atoms with Gasteiger partial charge >= 0.3 is 6.18 Å². The summed E-state index contributed by atoms with van der Waals surface area (Å²) in [5.41, 5.74) is 2.29. The molecule has 1 fully saturated rings. The lowest BCUT2D eigenvalue weighted by Gasteiger charge is -2.21. The predicted molar refractivity (Wildman–Crippen MR) is 130 cm³/mol. The van der Waals surface area contributed by atoms with E-state index >= 15 is 0 Å². The van der Waals surface area contributed by atoms with Gasteiger partial charge in [0.05, 0.1) is 16.3 Å². The minimum atomic E-state index is -4.47. The third-order valence-electron chi connectivity index (χ3n) is 6.26. The largest absolute Gasteiger partial charge is 0.417 e. The molecule has 1 atom stereocenters. The number of hydrogen-bond donors (Lipinski definition) is 1. The molecule has 0 aliphatic heterocycles. The second-order valence-corrected chi connectivity index (χ2v) is 12.5. The van der Waals surface area contributed by atoms with E-state index in [1.54, 1.807) is 12.1 Å². The lowest BCUT2D eigenvalue weighted by Crippen LogP contribution is -2.29. The maximum absolute atomic E-state index is 13.7. The van der Waals surface area contributed by atoms with Crippen LogP contribution in [0.3, 0.4) is 0 Å². The molecule has 3 aromatic rings. The number of sulfonamides is 1. The fourth-order valence-electron chi connectivity index (χ4n) is 4.63. The van der Waals surface area contributed by atoms with Gasteiger partial charge in [0, 0.05) is 24.2 Å². The smallest absolute Gasteiger partial charge is 0.346 e. The molecule has 0 spiro atoms. The molecule has 1 N–H and O–H groups in total. The van der Waals surface area contributed by atoms with Gasteiger partial charge in [0.15, 0.2) is 0 Å². The van der Waals surface area contributed by atoms with Crippen LogP contribution in [-0.4, -0.2) is 18.2 Å². The van der Waals surface area contributed by atoms with E-state index in [2.05, 4.69) is 30.1 Å². The highest BCUT2D eigenvalue weighted by atomic mass is 32.2. The molecule has 1 aliphatic carbocycles. The van der Waals surface area contributed by atoms with Crippen LogP contribution < -0.4 is 4.72 Å². The van der Waals surface area contributed by atoms with Crippen LogP contribution in [0.25, 0.3) is 22.0 Å². The van der Waals surface area contributed by atoms with Crippen LogP contribution in [0.15, 0.2) is 42.6 Å². The van der Waals surface area contributed by atoms with E-state index in [0.717, 1.165) is 28.1 Å². The summed E-state index contributed by atoms with van der Waals surface area (Å²) in [6.07, 6.45) is -1.17. The molecule has 8 heteroatoms. The average Bonchev–Trinajstić information content (AvgIpc) is 3.50. The van der Waals surface area contributed by atoms with Crippen molar-refractivity contribution in [1.82, 2.24) is 9.29 Å². The van der Waals surface area contributed by atoms with Crippen molar-refractivity contribution in [3.8, 4) is 11.1 Å². The van der Waals surface area contributed by atoms with Gasteiger partial charge in [0.25, 0.3) is 0 Å². The van der Waals surface area contributed by atoms with E-state index in [4.69, 9.17) is 0 Å². The normalized spacial score (nSPS) is 16.2. The number of alkyl halides is 3. The number of fused-ring (bicyclic) bond motifs is 1. The van der Waals surface area contributed by atoms with E-state index in [-0.39, 0.29) is 16.2 Å². The molecule has 0 amide bonds. The summed E-state index contributed by atoms with van der Waals surface area (Å²) in [6.45, 7) is 10.6. The van der Waals surface area contributed by atoms with Gasteiger partial charge in [0.1, 0.15) is 0 Å². The van der Waals surface area contributed by atoms with Crippen molar-refractivity contribution >= 4 is 20.9 Å². The van der Waals surface area contributed by atoms with E-state index in [0.29, 0.717) is 24.9 Å². The highest BCUT2D eigenvalue weighted by Crippen LogP contribution is 2.41. The second-order valence-electron chi connectivity index (χ2n) is 10.5. The van der Waals surface area contributed by atoms with E-state index in [9.17, 15) is 21.6 Å². The summed E-state index contributed by atoms with van der Waals surface area (Å²) in [4.78, 5) is 0. The van der Waals surface area contributed by atoms with Gasteiger partial charge in [-0.15, -0.1) is 0 Å². The first-order chi connectivity index (χ1) is 15.7. The number of nitrogens with zero attached hydrogens (tertiary/aromatic N) is 1. The number of benzene rings is 2. The zero-order valence-corrected chi connectivity index (χ0v) is 20.9. The fraction of sp³-hybridized carbons (Fsp3) is 0.462. The number of nitrogens with one attached hydrogen (secondary N) is 1. The van der Waals surface area contributed by atoms with Crippen LogP contribution >= 0.6 is 0 Å². The number of hydrogen-bond acceptors (Lipinski definition) is 2. The van der Waals surface area contributed by atoms with Crippen LogP contribution in [0, 0.1) is 12.3 Å². The molecule has 4 rings (SSSR count). The first-order valence-corrected chi connectivity index (χ1v) is 13.0. The molecule has 34 heavy (non-hydrogen) atoms. The Hall–Kier alpha value is -2.32. The molecule has 0 unspecified atom stereocenters. The van der Waals surface area contributed by atoms with Gasteiger partial charge < -0.3 is 4.57 Å². The molecule has 1 aromatic heterocycles. The monoisotopic (exact) mass is 492 g/mol. The van der Waals surface area contributed by atoms with Crippen LogP contribution in [0.5, 0.6) is 0 Å². The maximum atomic E-state index is 13.7. The third-order valence-corrected chi connectivity index (χ3v) is 8.29. The average molecular weight is 493 g/mol. The summed E-state index contributed by atoms with van der Waals surface area (Å²) >= 11 is 0. The Bertz CT molecular complexity index is 1330. The highest BCUT2D eigenvalue weighted by molar-refractivity contribution is 7.90. The highest BCUT2D eigenvalue weighted by Gasteiger charge is 2.37. The van der Waals surface area contributed by atoms with Crippen molar-refractivity contribution < 1.29 is 21.6 Å². The van der Waals surface area contributed by atoms with Crippen LogP contribution in [0.1, 0.15) is 63.3 Å². The van der Waals surface area contributed by atoms with Crippen molar-refractivity contribution in [2.45, 2.75) is 71.5 Å². The zero-order chi connectivity index (χ0) is 25.1. The van der Waals surface area contributed by atoms with Crippen molar-refractivity contribution in [3.05, 3.63) is 59.3 Å². The topological polar surface area (TPSA) is 51.1 Å². The van der Waals surface area contributed by atoms with Gasteiger partial charge in [-0.05, 0) is 60.4 Å². The van der Waals surface area contributed by atoms with Gasteiger partial charge in [-0.25, -0.2) is 13.1 Å². The summed E-state index contributed by atoms with van der Waals surface area (Å²) in [7, 11) is -3.40. The molecule has 0 saturated heterocycles. The molecule has 184 valence electrons. The van der Waals surface area contributed by atoms with Gasteiger partial charge in [-0.3, -0.25) is 0 Å². The Morgan fingerprint density at radius 1 is 1.06 bits per heavy atom. The number of aryl methyl sites for hydroxylation is 1. The quantitative estimate of drug-likeness (QED) is 0.410. The van der Waals surface area contributed by atoms with Crippen LogP contribution in [-0.2, 0) is 22.7 Å². The SMILES string of the molecule is Cc1c(-c2ccccc2C(F)(F)F)ccc2c([C@@H](C)NS(=O)(=O)C3CC3)cn(CC(C)(C)C)c12. The first kappa shape index (κ1) is 24.8. The summed E-state index contributed by atoms with van der Waals surface area (Å²) < 4.78 is 71.2. The molecule has 1 heterocycles. The summed E-state index contributed by atoms with van der Waals surface area (Å²) in [5, 5.41) is 0.520. The Balaban J connectivity index is 1.89. The maximum Gasteiger partial charge on any atom is 0.417 e. The molecule has 2 aromatic carbocycles. The van der Waals surface area contributed by atoms with Crippen LogP contribution in [0.4, 0.5) is 13.2 Å². The lowest BCUT2D eigenvalue weighted by atomic mass is 9.93. The Kier molecular flexibility index (Phi) is 6.13. The molecule has 0 bridgehead atoms. The van der Waals surface area contributed by atoms with Crippen molar-refractivity contribution in [2.24, 2.45) is 5.41 Å². The van der Waals surface area contributed by atoms with Gasteiger partial charge in [-0.1, -0.05) is 51.1 Å². The van der Waals surface area contributed by atoms with Crippen molar-refractivity contribution in [1.29, 1.82) is 0 Å². The molecular formula is C26H31F3N2O2S. The van der Waals surface area contributed by atoms with Crippen molar-refractivity contribution in [3.63, 3.8) is 0 Å². The first-order valence-electron chi connectivity index (χ1n) is 11.5. The molecule has 0 radical (unpaired) electrons.